The van der Waals surface area contributed by atoms with Crippen molar-refractivity contribution in [3.8, 4) is 0 Å². The van der Waals surface area contributed by atoms with Gasteiger partial charge >= 0.3 is 5.97 Å². The molecule has 3 nitrogen and oxygen atoms in total. The zero-order valence-corrected chi connectivity index (χ0v) is 11.5. The van der Waals surface area contributed by atoms with Gasteiger partial charge in [-0.3, -0.25) is 0 Å². The van der Waals surface area contributed by atoms with E-state index in [-0.39, 0.29) is 0 Å². The Morgan fingerprint density at radius 3 is 1.75 bits per heavy atom. The van der Waals surface area contributed by atoms with Gasteiger partial charge in [0.05, 0.1) is 5.60 Å². The van der Waals surface area contributed by atoms with Crippen LogP contribution in [-0.2, 0) is 9.53 Å². The van der Waals surface area contributed by atoms with Crippen LogP contribution in [0.4, 0.5) is 0 Å². The summed E-state index contributed by atoms with van der Waals surface area (Å²) in [6.45, 7) is 15.9. The molecule has 0 aromatic carbocycles. The van der Waals surface area contributed by atoms with Gasteiger partial charge in [-0.2, -0.15) is 0 Å². The number of hydrogen-bond donors (Lipinski definition) is 1. The van der Waals surface area contributed by atoms with Crippen LogP contribution in [0.25, 0.3) is 0 Å². The molecule has 0 atom stereocenters. The molecule has 1 N–H and O–H groups in total. The molecule has 0 unspecified atom stereocenters. The Kier molecular flexibility index (Phi) is 3.99. The summed E-state index contributed by atoms with van der Waals surface area (Å²) in [6.07, 6.45) is 0. The van der Waals surface area contributed by atoms with Crippen LogP contribution in [0.1, 0.15) is 48.5 Å². The number of ether oxygens (including phenoxy) is 1. The molecule has 16 heavy (non-hydrogen) atoms. The van der Waals surface area contributed by atoms with Crippen molar-refractivity contribution in [3.63, 3.8) is 0 Å². The molecular formula is C13H24O3. The highest BCUT2D eigenvalue weighted by molar-refractivity contribution is 5.87. The summed E-state index contributed by atoms with van der Waals surface area (Å²) in [6, 6.07) is 0. The van der Waals surface area contributed by atoms with Crippen LogP contribution in [0.2, 0.25) is 0 Å². The Morgan fingerprint density at radius 2 is 1.50 bits per heavy atom. The van der Waals surface area contributed by atoms with Gasteiger partial charge in [-0.15, -0.1) is 0 Å². The molecule has 0 aromatic rings. The first-order valence-electron chi connectivity index (χ1n) is 5.44. The van der Waals surface area contributed by atoms with E-state index in [4.69, 9.17) is 4.74 Å². The zero-order chi connectivity index (χ0) is 13.4. The molecule has 0 saturated heterocycles. The van der Waals surface area contributed by atoms with E-state index in [1.54, 1.807) is 34.6 Å². The quantitative estimate of drug-likeness (QED) is 0.594. The molecule has 0 saturated carbocycles. The van der Waals surface area contributed by atoms with E-state index >= 15 is 0 Å². The van der Waals surface area contributed by atoms with Crippen molar-refractivity contribution in [1.29, 1.82) is 0 Å². The molecule has 0 aliphatic heterocycles. The highest BCUT2D eigenvalue weighted by Gasteiger charge is 2.49. The Labute approximate surface area is 98.5 Å². The standard InChI is InChI=1S/C13H24O3/c1-9(2)10(14)16-13(7,8)11(3,4)12(5,6)15/h15H,1H2,2-8H3. The third kappa shape index (κ3) is 2.85. The Balaban J connectivity index is 5.06. The number of carbonyl (C=O) groups excluding carboxylic acids is 1. The predicted molar refractivity (Wildman–Crippen MR) is 65.1 cm³/mol. The predicted octanol–water partition coefficient (Wildman–Crippen LogP) is 2.68. The van der Waals surface area contributed by atoms with Crippen LogP contribution >= 0.6 is 0 Å². The first-order valence-corrected chi connectivity index (χ1v) is 5.44. The van der Waals surface area contributed by atoms with Gasteiger partial charge in [0.25, 0.3) is 0 Å². The fraction of sp³-hybridized carbons (Fsp3) is 0.769. The smallest absolute Gasteiger partial charge is 0.333 e. The molecule has 0 fully saturated rings. The maximum absolute atomic E-state index is 11.5. The van der Waals surface area contributed by atoms with Crippen molar-refractivity contribution in [2.45, 2.75) is 59.7 Å². The molecule has 0 amide bonds. The molecule has 0 aliphatic carbocycles. The molecule has 3 heteroatoms. The monoisotopic (exact) mass is 228 g/mol. The average molecular weight is 228 g/mol. The fourth-order valence-electron chi connectivity index (χ4n) is 1.18. The van der Waals surface area contributed by atoms with E-state index in [1.807, 2.05) is 13.8 Å². The van der Waals surface area contributed by atoms with Crippen LogP contribution in [0.5, 0.6) is 0 Å². The normalized spacial score (nSPS) is 13.5. The van der Waals surface area contributed by atoms with Crippen LogP contribution in [0.15, 0.2) is 12.2 Å². The number of aliphatic hydroxyl groups is 1. The van der Waals surface area contributed by atoms with E-state index in [2.05, 4.69) is 6.58 Å². The molecule has 0 bridgehead atoms. The topological polar surface area (TPSA) is 46.5 Å². The first kappa shape index (κ1) is 15.2. The minimum Gasteiger partial charge on any atom is -0.456 e. The molecule has 0 aliphatic rings. The summed E-state index contributed by atoms with van der Waals surface area (Å²) in [5.41, 5.74) is -1.95. The minimum atomic E-state index is -0.953. The summed E-state index contributed by atoms with van der Waals surface area (Å²) in [4.78, 5) is 11.5. The highest BCUT2D eigenvalue weighted by atomic mass is 16.6. The number of esters is 1. The molecule has 0 heterocycles. The number of hydrogen-bond acceptors (Lipinski definition) is 3. The Hall–Kier alpha value is -0.830. The van der Waals surface area contributed by atoms with Gasteiger partial charge in [-0.1, -0.05) is 20.4 Å². The van der Waals surface area contributed by atoms with Gasteiger partial charge in [-0.25, -0.2) is 4.79 Å². The van der Waals surface area contributed by atoms with E-state index in [9.17, 15) is 9.90 Å². The lowest BCUT2D eigenvalue weighted by atomic mass is 9.66. The van der Waals surface area contributed by atoms with Crippen molar-refractivity contribution < 1.29 is 14.6 Å². The summed E-state index contributed by atoms with van der Waals surface area (Å²) in [7, 11) is 0. The third-order valence-electron chi connectivity index (χ3n) is 3.73. The largest absolute Gasteiger partial charge is 0.456 e. The zero-order valence-electron chi connectivity index (χ0n) is 11.5. The summed E-state index contributed by atoms with van der Waals surface area (Å²) >= 11 is 0. The highest BCUT2D eigenvalue weighted by Crippen LogP contribution is 2.43. The van der Waals surface area contributed by atoms with E-state index in [1.165, 1.54) is 0 Å². The number of carbonyl (C=O) groups is 1. The lowest BCUT2D eigenvalue weighted by Crippen LogP contribution is -2.55. The molecule has 0 spiro atoms. The van der Waals surface area contributed by atoms with Gasteiger partial charge in [0.15, 0.2) is 0 Å². The van der Waals surface area contributed by atoms with Crippen molar-refractivity contribution in [2.24, 2.45) is 5.41 Å². The fourth-order valence-corrected chi connectivity index (χ4v) is 1.18. The van der Waals surface area contributed by atoms with Crippen LogP contribution < -0.4 is 0 Å². The summed E-state index contributed by atoms with van der Waals surface area (Å²) in [5.74, 6) is -0.428. The van der Waals surface area contributed by atoms with E-state index in [0.717, 1.165) is 0 Å². The van der Waals surface area contributed by atoms with Gasteiger partial charge < -0.3 is 9.84 Å². The molecular weight excluding hydrogens is 204 g/mol. The molecule has 0 rings (SSSR count). The van der Waals surface area contributed by atoms with Crippen LogP contribution in [0.3, 0.4) is 0 Å². The lowest BCUT2D eigenvalue weighted by Gasteiger charge is -2.48. The minimum absolute atomic E-state index is 0.361. The maximum Gasteiger partial charge on any atom is 0.333 e. The SMILES string of the molecule is C=C(C)C(=O)OC(C)(C)C(C)(C)C(C)(C)O. The third-order valence-corrected chi connectivity index (χ3v) is 3.73. The van der Waals surface area contributed by atoms with Gasteiger partial charge in [0.2, 0.25) is 0 Å². The van der Waals surface area contributed by atoms with Crippen molar-refractivity contribution in [2.75, 3.05) is 0 Å². The Morgan fingerprint density at radius 1 is 1.12 bits per heavy atom. The van der Waals surface area contributed by atoms with E-state index in [0.29, 0.717) is 5.57 Å². The van der Waals surface area contributed by atoms with Crippen molar-refractivity contribution in [3.05, 3.63) is 12.2 Å². The second kappa shape index (κ2) is 4.21. The Bertz CT molecular complexity index is 293. The van der Waals surface area contributed by atoms with Crippen molar-refractivity contribution >= 4 is 5.97 Å². The van der Waals surface area contributed by atoms with Gasteiger partial charge in [-0.05, 0) is 34.6 Å². The van der Waals surface area contributed by atoms with Crippen molar-refractivity contribution in [1.82, 2.24) is 0 Å². The van der Waals surface area contributed by atoms with Gasteiger partial charge in [0, 0.05) is 11.0 Å². The second-order valence-electron chi connectivity index (χ2n) is 5.86. The van der Waals surface area contributed by atoms with Gasteiger partial charge in [0.1, 0.15) is 5.60 Å². The molecule has 0 radical (unpaired) electrons. The first-order chi connectivity index (χ1) is 6.83. The maximum atomic E-state index is 11.5. The molecule has 0 aromatic heterocycles. The average Bonchev–Trinajstić information content (AvgIpc) is 2.00. The van der Waals surface area contributed by atoms with Crippen LogP contribution in [-0.4, -0.2) is 22.3 Å². The lowest BCUT2D eigenvalue weighted by molar-refractivity contribution is -0.187. The summed E-state index contributed by atoms with van der Waals surface area (Å²) in [5, 5.41) is 10.1. The molecule has 94 valence electrons. The summed E-state index contributed by atoms with van der Waals surface area (Å²) < 4.78 is 5.39. The van der Waals surface area contributed by atoms with E-state index < -0.39 is 22.6 Å². The second-order valence-corrected chi connectivity index (χ2v) is 5.86. The van der Waals surface area contributed by atoms with Crippen LogP contribution in [0, 0.1) is 5.41 Å². The number of rotatable bonds is 4.